The fourth-order valence-corrected chi connectivity index (χ4v) is 4.78. The van der Waals surface area contributed by atoms with Crippen LogP contribution in [0.1, 0.15) is 38.7 Å². The van der Waals surface area contributed by atoms with Crippen LogP contribution in [-0.2, 0) is 19.1 Å². The van der Waals surface area contributed by atoms with Crippen LogP contribution in [0.3, 0.4) is 0 Å². The smallest absolute Gasteiger partial charge is 0.337 e. The van der Waals surface area contributed by atoms with Crippen LogP contribution in [0.2, 0.25) is 0 Å². The summed E-state index contributed by atoms with van der Waals surface area (Å²) >= 11 is 0. The lowest BCUT2D eigenvalue weighted by molar-refractivity contribution is -0.138. The van der Waals surface area contributed by atoms with E-state index in [1.165, 1.54) is 18.2 Å². The van der Waals surface area contributed by atoms with Crippen LogP contribution in [0, 0.1) is 5.82 Å². The molecule has 2 aromatic carbocycles. The van der Waals surface area contributed by atoms with Gasteiger partial charge in [-0.3, -0.25) is 0 Å². The molecule has 1 N–H and O–H groups in total. The third-order valence-corrected chi connectivity index (χ3v) is 6.61. The molecule has 0 spiro atoms. The number of dihydropyridines is 1. The molecule has 1 aliphatic heterocycles. The van der Waals surface area contributed by atoms with Crippen molar-refractivity contribution in [1.82, 2.24) is 15.1 Å². The van der Waals surface area contributed by atoms with Gasteiger partial charge in [-0.05, 0) is 50.6 Å². The maximum atomic E-state index is 15.2. The summed E-state index contributed by atoms with van der Waals surface area (Å²) in [6, 6.07) is 13.9. The lowest BCUT2D eigenvalue weighted by atomic mass is 9.79. The van der Waals surface area contributed by atoms with Crippen molar-refractivity contribution < 1.29 is 28.2 Å². The zero-order valence-corrected chi connectivity index (χ0v) is 24.0. The van der Waals surface area contributed by atoms with Crippen LogP contribution in [0.25, 0.3) is 16.9 Å². The maximum absolute atomic E-state index is 15.2. The largest absolute Gasteiger partial charge is 0.491 e. The van der Waals surface area contributed by atoms with Crippen molar-refractivity contribution in [3.8, 4) is 22.7 Å². The molecule has 3 aromatic rings. The second kappa shape index (κ2) is 13.6. The number of allylic oxidation sites excluding steroid dienone is 2. The van der Waals surface area contributed by atoms with Crippen molar-refractivity contribution in [3.05, 3.63) is 114 Å². The zero-order chi connectivity index (χ0) is 30.2. The number of para-hydroxylation sites is 1. The predicted molar refractivity (Wildman–Crippen MR) is 158 cm³/mol. The van der Waals surface area contributed by atoms with Gasteiger partial charge in [0.1, 0.15) is 13.2 Å². The molecule has 0 saturated heterocycles. The standard InChI is InChI=1S/C33H34FN3O5/c1-6-16-40-27-15-14-23(19-26(27)34)31-25(20-37(36-31)24-12-10-9-11-13-24)30-28(32(38)41-17-7-2)21(4)35-22(5)29(30)33(39)42-18-8-3/h7-15,19-20,30,35H,2-3,6,16-18H2,1,4-5H3. The van der Waals surface area contributed by atoms with Crippen LogP contribution >= 0.6 is 0 Å². The summed E-state index contributed by atoms with van der Waals surface area (Å²) in [6.45, 7) is 13.0. The van der Waals surface area contributed by atoms with Gasteiger partial charge < -0.3 is 19.5 Å². The van der Waals surface area contributed by atoms with Crippen molar-refractivity contribution in [2.75, 3.05) is 19.8 Å². The van der Waals surface area contributed by atoms with E-state index in [0.29, 0.717) is 34.8 Å². The molecule has 0 bridgehead atoms. The highest BCUT2D eigenvalue weighted by Gasteiger charge is 2.40. The maximum Gasteiger partial charge on any atom is 0.337 e. The summed E-state index contributed by atoms with van der Waals surface area (Å²) in [6.07, 6.45) is 5.39. The molecule has 0 saturated carbocycles. The van der Waals surface area contributed by atoms with Crippen LogP contribution in [0.15, 0.2) is 103 Å². The highest BCUT2D eigenvalue weighted by molar-refractivity contribution is 6.00. The monoisotopic (exact) mass is 571 g/mol. The number of rotatable bonds is 12. The third kappa shape index (κ3) is 6.35. The Morgan fingerprint density at radius 3 is 2.17 bits per heavy atom. The molecule has 0 aliphatic carbocycles. The van der Waals surface area contributed by atoms with Gasteiger partial charge >= 0.3 is 11.9 Å². The molecule has 1 aromatic heterocycles. The van der Waals surface area contributed by atoms with E-state index in [-0.39, 0.29) is 30.1 Å². The Labute approximate surface area is 244 Å². The van der Waals surface area contributed by atoms with E-state index in [1.54, 1.807) is 36.9 Å². The zero-order valence-electron chi connectivity index (χ0n) is 24.0. The first-order valence-corrected chi connectivity index (χ1v) is 13.6. The molecule has 8 nitrogen and oxygen atoms in total. The number of hydrogen-bond acceptors (Lipinski definition) is 7. The Balaban J connectivity index is 1.97. The minimum atomic E-state index is -0.951. The van der Waals surface area contributed by atoms with Crippen LogP contribution in [0.4, 0.5) is 4.39 Å². The molecular formula is C33H34FN3O5. The molecule has 4 rings (SSSR count). The second-order valence-electron chi connectivity index (χ2n) is 9.62. The first-order valence-electron chi connectivity index (χ1n) is 13.6. The van der Waals surface area contributed by atoms with Gasteiger partial charge in [-0.25, -0.2) is 18.7 Å². The van der Waals surface area contributed by atoms with Gasteiger partial charge in [0.05, 0.1) is 35.1 Å². The number of nitrogens with one attached hydrogen (secondary N) is 1. The van der Waals surface area contributed by atoms with Crippen molar-refractivity contribution in [2.45, 2.75) is 33.1 Å². The van der Waals surface area contributed by atoms with Gasteiger partial charge in [-0.1, -0.05) is 50.4 Å². The fraction of sp³-hybridized carbons (Fsp3) is 0.242. The molecule has 0 fully saturated rings. The van der Waals surface area contributed by atoms with Gasteiger partial charge in [0.2, 0.25) is 0 Å². The Hall–Kier alpha value is -4.92. The predicted octanol–water partition coefficient (Wildman–Crippen LogP) is 6.16. The number of carbonyl (C=O) groups is 2. The molecule has 218 valence electrons. The number of nitrogens with zero attached hydrogens (tertiary/aromatic N) is 2. The Bertz CT molecular complexity index is 1510. The van der Waals surface area contributed by atoms with Gasteiger partial charge in [0, 0.05) is 28.7 Å². The molecule has 1 aliphatic rings. The van der Waals surface area contributed by atoms with Crippen molar-refractivity contribution in [3.63, 3.8) is 0 Å². The third-order valence-electron chi connectivity index (χ3n) is 6.61. The SMILES string of the molecule is C=CCOC(=O)C1=C(C)NC(C)=C(C(=O)OCC=C)C1c1cn(-c2ccccc2)nc1-c1ccc(OCCC)c(F)c1. The summed E-state index contributed by atoms with van der Waals surface area (Å²) in [4.78, 5) is 27.0. The first kappa shape index (κ1) is 30.0. The summed E-state index contributed by atoms with van der Waals surface area (Å²) in [5, 5.41) is 7.96. The number of aromatic nitrogens is 2. The van der Waals surface area contributed by atoms with Crippen LogP contribution < -0.4 is 10.1 Å². The Morgan fingerprint density at radius 2 is 1.62 bits per heavy atom. The molecule has 9 heteroatoms. The highest BCUT2D eigenvalue weighted by Crippen LogP contribution is 2.43. The van der Waals surface area contributed by atoms with Gasteiger partial charge in [-0.15, -0.1) is 0 Å². The van der Waals surface area contributed by atoms with Crippen molar-refractivity contribution >= 4 is 11.9 Å². The van der Waals surface area contributed by atoms with Gasteiger partial charge in [0.25, 0.3) is 0 Å². The number of halogens is 1. The van der Waals surface area contributed by atoms with Crippen molar-refractivity contribution in [1.29, 1.82) is 0 Å². The van der Waals surface area contributed by atoms with E-state index in [0.717, 1.165) is 12.1 Å². The lowest BCUT2D eigenvalue weighted by Gasteiger charge is -2.30. The topological polar surface area (TPSA) is 91.7 Å². The van der Waals surface area contributed by atoms with Crippen molar-refractivity contribution in [2.24, 2.45) is 0 Å². The van der Waals surface area contributed by atoms with Gasteiger partial charge in [-0.2, -0.15) is 5.10 Å². The average Bonchev–Trinajstić information content (AvgIpc) is 3.43. The fourth-order valence-electron chi connectivity index (χ4n) is 4.78. The molecule has 0 atom stereocenters. The van der Waals surface area contributed by atoms with E-state index >= 15 is 4.39 Å². The lowest BCUT2D eigenvalue weighted by Crippen LogP contribution is -2.32. The molecule has 42 heavy (non-hydrogen) atoms. The molecule has 0 amide bonds. The number of hydrogen-bond donors (Lipinski definition) is 1. The van der Waals surface area contributed by atoms with Crippen LogP contribution in [0.5, 0.6) is 5.75 Å². The first-order chi connectivity index (χ1) is 20.3. The molecular weight excluding hydrogens is 537 g/mol. The normalized spacial score (nSPS) is 13.4. The van der Waals surface area contributed by atoms with E-state index in [1.807, 2.05) is 37.3 Å². The molecule has 2 heterocycles. The summed E-state index contributed by atoms with van der Waals surface area (Å²) in [5.41, 5.74) is 3.42. The van der Waals surface area contributed by atoms with E-state index in [9.17, 15) is 9.59 Å². The van der Waals surface area contributed by atoms with Crippen LogP contribution in [-0.4, -0.2) is 41.5 Å². The quantitative estimate of drug-likeness (QED) is 0.206. The highest BCUT2D eigenvalue weighted by atomic mass is 19.1. The Morgan fingerprint density at radius 1 is 1.00 bits per heavy atom. The number of ether oxygens (including phenoxy) is 3. The second-order valence-corrected chi connectivity index (χ2v) is 9.62. The summed E-state index contributed by atoms with van der Waals surface area (Å²) in [7, 11) is 0. The average molecular weight is 572 g/mol. The van der Waals surface area contributed by atoms with Gasteiger partial charge in [0.15, 0.2) is 11.6 Å². The van der Waals surface area contributed by atoms with E-state index in [4.69, 9.17) is 19.3 Å². The number of esters is 2. The van der Waals surface area contributed by atoms with E-state index < -0.39 is 23.7 Å². The summed E-state index contributed by atoms with van der Waals surface area (Å²) in [5.74, 6) is -2.66. The minimum Gasteiger partial charge on any atom is -0.491 e. The van der Waals surface area contributed by atoms with E-state index in [2.05, 4.69) is 18.5 Å². The molecule has 0 unspecified atom stereocenters. The summed E-state index contributed by atoms with van der Waals surface area (Å²) < 4.78 is 33.3. The number of carbonyl (C=O) groups excluding carboxylic acids is 2. The minimum absolute atomic E-state index is 0.0260. The molecule has 0 radical (unpaired) electrons. The number of benzene rings is 2. The Kier molecular flexibility index (Phi) is 9.75.